The minimum Gasteiger partial charge on any atom is -0.495 e. The van der Waals surface area contributed by atoms with Gasteiger partial charge in [0.2, 0.25) is 11.8 Å². The van der Waals surface area contributed by atoms with Gasteiger partial charge in [0.25, 0.3) is 0 Å². The fraction of sp³-hybridized carbons (Fsp3) is 0.333. The van der Waals surface area contributed by atoms with Gasteiger partial charge in [-0.1, -0.05) is 48.5 Å². The van der Waals surface area contributed by atoms with Crippen LogP contribution in [0, 0.1) is 0 Å². The van der Waals surface area contributed by atoms with Crippen molar-refractivity contribution in [2.45, 2.75) is 51.2 Å². The molecule has 0 unspecified atom stereocenters. The fourth-order valence-corrected chi connectivity index (χ4v) is 5.93. The van der Waals surface area contributed by atoms with Crippen molar-refractivity contribution in [3.8, 4) is 16.9 Å². The van der Waals surface area contributed by atoms with Crippen molar-refractivity contribution < 1.29 is 48.1 Å². The molecular weight excluding hydrogens is 648 g/mol. The molecule has 262 valence electrons. The first kappa shape index (κ1) is 35.4. The number of carboxylic acid groups (broad SMARTS) is 1. The number of esters is 1. The molecule has 3 N–H and O–H groups in total. The van der Waals surface area contributed by atoms with E-state index in [1.54, 1.807) is 20.8 Å². The summed E-state index contributed by atoms with van der Waals surface area (Å²) in [6, 6.07) is 17.2. The maximum atomic E-state index is 13.5. The molecule has 5 rings (SSSR count). The summed E-state index contributed by atoms with van der Waals surface area (Å²) in [4.78, 5) is 79.2. The van der Waals surface area contributed by atoms with Crippen molar-refractivity contribution in [3.63, 3.8) is 0 Å². The van der Waals surface area contributed by atoms with Gasteiger partial charge in [-0.25, -0.2) is 19.3 Å². The Hall–Kier alpha value is -5.92. The summed E-state index contributed by atoms with van der Waals surface area (Å²) in [6.07, 6.45) is -1.67. The van der Waals surface area contributed by atoms with Gasteiger partial charge in [-0.15, -0.1) is 0 Å². The topological polar surface area (TPSA) is 181 Å². The molecule has 50 heavy (non-hydrogen) atoms. The molecule has 2 aliphatic rings. The number of fused-ring (bicyclic) bond motifs is 3. The molecule has 0 bridgehead atoms. The molecule has 1 heterocycles. The number of hydrogen-bond donors (Lipinski definition) is 3. The Balaban J connectivity index is 1.28. The minimum absolute atomic E-state index is 0.0419. The van der Waals surface area contributed by atoms with Gasteiger partial charge >= 0.3 is 24.1 Å². The molecule has 3 aromatic carbocycles. The lowest BCUT2D eigenvalue weighted by molar-refractivity contribution is -0.156. The number of aromatic carboxylic acids is 1. The normalized spacial score (nSPS) is 14.7. The molecule has 5 amide bonds. The average molecular weight is 687 g/mol. The molecule has 1 aliphatic heterocycles. The Morgan fingerprint density at radius 2 is 1.60 bits per heavy atom. The molecule has 0 radical (unpaired) electrons. The predicted molar refractivity (Wildman–Crippen MR) is 180 cm³/mol. The van der Waals surface area contributed by atoms with Crippen molar-refractivity contribution >= 4 is 41.6 Å². The minimum atomic E-state index is -1.49. The van der Waals surface area contributed by atoms with E-state index in [-0.39, 0.29) is 42.5 Å². The van der Waals surface area contributed by atoms with E-state index in [0.717, 1.165) is 27.2 Å². The summed E-state index contributed by atoms with van der Waals surface area (Å²) in [5, 5.41) is 14.3. The van der Waals surface area contributed by atoms with Gasteiger partial charge in [0, 0.05) is 18.9 Å². The number of carbonyl (C=O) groups excluding carboxylic acids is 5. The van der Waals surface area contributed by atoms with E-state index >= 15 is 0 Å². The Morgan fingerprint density at radius 3 is 2.20 bits per heavy atom. The number of ether oxygens (including phenoxy) is 3. The van der Waals surface area contributed by atoms with E-state index in [4.69, 9.17) is 14.2 Å². The molecule has 14 nitrogen and oxygen atoms in total. The van der Waals surface area contributed by atoms with Gasteiger partial charge in [-0.05, 0) is 61.2 Å². The van der Waals surface area contributed by atoms with Gasteiger partial charge in [0.15, 0.2) is 0 Å². The smallest absolute Gasteiger partial charge is 0.407 e. The third kappa shape index (κ3) is 7.86. The molecule has 1 aliphatic carbocycles. The average Bonchev–Trinajstić information content (AvgIpc) is 3.39. The highest BCUT2D eigenvalue weighted by Gasteiger charge is 2.36. The number of carboxylic acids is 1. The maximum absolute atomic E-state index is 13.5. The monoisotopic (exact) mass is 686 g/mol. The van der Waals surface area contributed by atoms with Crippen molar-refractivity contribution in [1.82, 2.24) is 15.5 Å². The highest BCUT2D eigenvalue weighted by Crippen LogP contribution is 2.44. The molecule has 0 aromatic heterocycles. The van der Waals surface area contributed by atoms with Crippen LogP contribution < -0.4 is 20.3 Å². The number of methoxy groups -OCH3 is 1. The number of anilines is 1. The number of alkyl carbamates (subject to hydrolysis) is 1. The zero-order valence-electron chi connectivity index (χ0n) is 28.1. The largest absolute Gasteiger partial charge is 0.495 e. The van der Waals surface area contributed by atoms with E-state index in [2.05, 4.69) is 10.6 Å². The second-order valence-electron chi connectivity index (χ2n) is 12.7. The highest BCUT2D eigenvalue weighted by molar-refractivity contribution is 6.07. The second-order valence-corrected chi connectivity index (χ2v) is 12.7. The van der Waals surface area contributed by atoms with Gasteiger partial charge in [0.05, 0.1) is 24.8 Å². The van der Waals surface area contributed by atoms with Gasteiger partial charge in [0.1, 0.15) is 30.7 Å². The van der Waals surface area contributed by atoms with Crippen molar-refractivity contribution in [3.05, 3.63) is 83.4 Å². The Kier molecular flexibility index (Phi) is 10.4. The lowest BCUT2D eigenvalue weighted by Gasteiger charge is -2.35. The van der Waals surface area contributed by atoms with E-state index in [0.29, 0.717) is 0 Å². The van der Waals surface area contributed by atoms with E-state index in [1.807, 2.05) is 48.5 Å². The number of amides is 5. The summed E-state index contributed by atoms with van der Waals surface area (Å²) in [6.45, 7) is 4.25. The summed E-state index contributed by atoms with van der Waals surface area (Å²) in [5.41, 5.74) is 3.19. The fourth-order valence-electron chi connectivity index (χ4n) is 5.93. The zero-order valence-corrected chi connectivity index (χ0v) is 28.1. The first-order valence-electron chi connectivity index (χ1n) is 15.9. The van der Waals surface area contributed by atoms with Crippen LogP contribution in [0.25, 0.3) is 11.1 Å². The van der Waals surface area contributed by atoms with Crippen LogP contribution in [-0.2, 0) is 23.9 Å². The van der Waals surface area contributed by atoms with Crippen molar-refractivity contribution in [2.75, 3.05) is 31.8 Å². The summed E-state index contributed by atoms with van der Waals surface area (Å²) in [7, 11) is 1.35. The van der Waals surface area contributed by atoms with Crippen LogP contribution in [0.15, 0.2) is 66.7 Å². The lowest BCUT2D eigenvalue weighted by atomic mass is 9.98. The van der Waals surface area contributed by atoms with Crippen molar-refractivity contribution in [2.24, 2.45) is 0 Å². The molecule has 0 saturated carbocycles. The lowest BCUT2D eigenvalue weighted by Crippen LogP contribution is -2.57. The number of urea groups is 1. The SMILES string of the molecule is COc1ccc(C(=O)O)cc1N1CCC(=O)N(CNC(=O)[C@H](CC(=O)OC(C)(C)C)NC(=O)OCC2c3ccccc3-c3ccccc32)C1=O. The highest BCUT2D eigenvalue weighted by atomic mass is 16.6. The number of imide groups is 1. The zero-order chi connectivity index (χ0) is 36.2. The molecule has 1 atom stereocenters. The van der Waals surface area contributed by atoms with Gasteiger partial charge in [-0.2, -0.15) is 0 Å². The Bertz CT molecular complexity index is 1790. The van der Waals surface area contributed by atoms with Gasteiger partial charge in [-0.3, -0.25) is 19.3 Å². The third-order valence-electron chi connectivity index (χ3n) is 8.18. The molecule has 1 saturated heterocycles. The van der Waals surface area contributed by atoms with Crippen LogP contribution in [0.1, 0.15) is 61.0 Å². The molecule has 3 aromatic rings. The Labute approximate surface area is 288 Å². The maximum Gasteiger partial charge on any atom is 0.407 e. The molecular formula is C36H38N4O10. The molecule has 1 fully saturated rings. The number of nitrogens with zero attached hydrogens (tertiary/aromatic N) is 2. The number of carbonyl (C=O) groups is 6. The third-order valence-corrected chi connectivity index (χ3v) is 8.18. The Morgan fingerprint density at radius 1 is 0.960 bits per heavy atom. The van der Waals surface area contributed by atoms with Crippen LogP contribution in [0.2, 0.25) is 0 Å². The number of rotatable bonds is 11. The van der Waals surface area contributed by atoms with E-state index < -0.39 is 60.6 Å². The number of benzene rings is 3. The second kappa shape index (κ2) is 14.7. The molecule has 0 spiro atoms. The summed E-state index contributed by atoms with van der Waals surface area (Å²) in [5.74, 6) is -3.54. The van der Waals surface area contributed by atoms with Gasteiger partial charge < -0.3 is 30.0 Å². The van der Waals surface area contributed by atoms with Crippen molar-refractivity contribution in [1.29, 1.82) is 0 Å². The number of hydrogen-bond acceptors (Lipinski definition) is 9. The van der Waals surface area contributed by atoms with Crippen LogP contribution in [0.3, 0.4) is 0 Å². The van der Waals surface area contributed by atoms with Crippen LogP contribution in [-0.4, -0.2) is 84.5 Å². The first-order valence-corrected chi connectivity index (χ1v) is 15.9. The number of nitrogens with one attached hydrogen (secondary N) is 2. The van der Waals surface area contributed by atoms with E-state index in [9.17, 15) is 33.9 Å². The summed E-state index contributed by atoms with van der Waals surface area (Å²) < 4.78 is 16.3. The van der Waals surface area contributed by atoms with E-state index in [1.165, 1.54) is 30.2 Å². The summed E-state index contributed by atoms with van der Waals surface area (Å²) >= 11 is 0. The van der Waals surface area contributed by atoms with Crippen LogP contribution in [0.4, 0.5) is 15.3 Å². The predicted octanol–water partition coefficient (Wildman–Crippen LogP) is 4.26. The standard InChI is InChI=1S/C36H38N4O10/c1-36(2,3)50-31(42)18-27(38-34(46)49-19-26-24-11-7-5-9-22(24)23-10-6-8-12-25(23)26)32(43)37-20-40-30(41)15-16-39(35(40)47)28-17-21(33(44)45)13-14-29(28)48-4/h5-14,17,26-27H,15-16,18-20H2,1-4H3,(H,37,43)(H,38,46)(H,44,45)/t27-/m0/s1. The molecule has 14 heteroatoms. The quantitative estimate of drug-likeness (QED) is 0.247. The first-order chi connectivity index (χ1) is 23.8. The van der Waals surface area contributed by atoms with Crippen LogP contribution >= 0.6 is 0 Å². The van der Waals surface area contributed by atoms with Crippen LogP contribution in [0.5, 0.6) is 5.75 Å².